The van der Waals surface area contributed by atoms with Crippen molar-refractivity contribution in [1.29, 1.82) is 0 Å². The fourth-order valence-electron chi connectivity index (χ4n) is 0.327. The van der Waals surface area contributed by atoms with Gasteiger partial charge in [0.2, 0.25) is 0 Å². The molecule has 0 rings (SSSR count). The third-order valence-corrected chi connectivity index (χ3v) is 2.08. The molecule has 1 nitrogen and oxygen atoms in total. The average molecular weight is 136 g/mol. The van der Waals surface area contributed by atoms with Crippen molar-refractivity contribution in [3.63, 3.8) is 0 Å². The van der Waals surface area contributed by atoms with Crippen LogP contribution in [0.15, 0.2) is 0 Å². The maximum atomic E-state index is 8.65. The van der Waals surface area contributed by atoms with Crippen molar-refractivity contribution in [2.45, 2.75) is 13.8 Å². The summed E-state index contributed by atoms with van der Waals surface area (Å²) >= 11 is 0. The third kappa shape index (κ3) is 6.69. The summed E-state index contributed by atoms with van der Waals surface area (Å²) in [4.78, 5) is 8.65. The molecule has 0 saturated carbocycles. The predicted molar refractivity (Wildman–Crippen MR) is 35.8 cm³/mol. The first kappa shape index (κ1) is 7.69. The van der Waals surface area contributed by atoms with Gasteiger partial charge in [-0.3, -0.25) is 0 Å². The molecule has 1 atom stereocenters. The van der Waals surface area contributed by atoms with Crippen LogP contribution in [0, 0.1) is 5.92 Å². The van der Waals surface area contributed by atoms with Crippen molar-refractivity contribution in [2.24, 2.45) is 5.92 Å². The van der Waals surface area contributed by atoms with Gasteiger partial charge < -0.3 is 0 Å². The van der Waals surface area contributed by atoms with E-state index in [9.17, 15) is 0 Å². The van der Waals surface area contributed by atoms with Crippen LogP contribution in [0.3, 0.4) is 0 Å². The van der Waals surface area contributed by atoms with Crippen molar-refractivity contribution in [3.05, 3.63) is 0 Å². The maximum absolute atomic E-state index is 8.65. The van der Waals surface area contributed by atoms with Crippen LogP contribution in [-0.2, 0) is 0 Å². The van der Waals surface area contributed by atoms with E-state index in [1.54, 1.807) is 0 Å². The Bertz CT molecular complexity index is 100.0. The monoisotopic (exact) mass is 136 g/mol. The molecule has 0 bridgehead atoms. The molecule has 0 saturated heterocycles. The molecule has 0 aromatic rings. The molecular weight excluding hydrogens is 126 g/mol. The van der Waals surface area contributed by atoms with Crippen molar-refractivity contribution < 1.29 is 4.89 Å². The quantitative estimate of drug-likeness (QED) is 0.548. The van der Waals surface area contributed by atoms with E-state index in [-0.39, 0.29) is 0 Å². The Morgan fingerprint density at radius 1 is 1.71 bits per heavy atom. The molecular formula is C4H10OP2. The molecule has 7 heavy (non-hydrogen) atoms. The summed E-state index contributed by atoms with van der Waals surface area (Å²) in [6, 6.07) is 0. The van der Waals surface area contributed by atoms with Gasteiger partial charge in [0, 0.05) is 0 Å². The second-order valence-corrected chi connectivity index (χ2v) is 4.44. The molecule has 0 heterocycles. The van der Waals surface area contributed by atoms with Gasteiger partial charge in [-0.05, 0) is 0 Å². The van der Waals surface area contributed by atoms with E-state index < -0.39 is 7.25 Å². The summed E-state index contributed by atoms with van der Waals surface area (Å²) in [5.74, 6) is 0.577. The summed E-state index contributed by atoms with van der Waals surface area (Å²) in [6.45, 7) is 4.14. The first-order valence-corrected chi connectivity index (χ1v) is 4.91. The Morgan fingerprint density at radius 3 is 2.14 bits per heavy atom. The Labute approximate surface area is 47.3 Å². The van der Waals surface area contributed by atoms with E-state index in [0.29, 0.717) is 5.92 Å². The summed E-state index contributed by atoms with van der Waals surface area (Å²) in [6.07, 6.45) is 0.846. The van der Waals surface area contributed by atoms with Crippen molar-refractivity contribution in [1.82, 2.24) is 0 Å². The van der Waals surface area contributed by atoms with Gasteiger partial charge >= 0.3 is 46.4 Å². The zero-order valence-electron chi connectivity index (χ0n) is 4.63. The molecule has 1 N–H and O–H groups in total. The first-order valence-electron chi connectivity index (χ1n) is 2.28. The predicted octanol–water partition coefficient (Wildman–Crippen LogP) is 2.36. The summed E-state index contributed by atoms with van der Waals surface area (Å²) in [7, 11) is 2.91. The average Bonchev–Trinajstić information content (AvgIpc) is 1.27. The van der Waals surface area contributed by atoms with E-state index in [1.807, 2.05) is 0 Å². The zero-order chi connectivity index (χ0) is 5.86. The zero-order valence-corrected chi connectivity index (χ0v) is 6.41. The van der Waals surface area contributed by atoms with Crippen LogP contribution in [0.4, 0.5) is 0 Å². The second kappa shape index (κ2) is 3.66. The molecule has 0 aromatic carbocycles. The molecule has 0 aromatic heterocycles. The van der Waals surface area contributed by atoms with Crippen LogP contribution < -0.4 is 0 Å². The van der Waals surface area contributed by atoms with E-state index in [4.69, 9.17) is 4.89 Å². The number of hydrogen-bond acceptors (Lipinski definition) is 1. The van der Waals surface area contributed by atoms with E-state index in [0.717, 1.165) is 6.16 Å². The molecule has 0 amide bonds. The molecule has 0 radical (unpaired) electrons. The molecule has 3 heteroatoms. The summed E-state index contributed by atoms with van der Waals surface area (Å²) in [5.41, 5.74) is 0. The normalized spacial score (nSPS) is 12.1. The van der Waals surface area contributed by atoms with Gasteiger partial charge in [0.25, 0.3) is 0 Å². The number of rotatable bonds is 1. The molecule has 0 aliphatic carbocycles. The van der Waals surface area contributed by atoms with Crippen LogP contribution in [0.25, 0.3) is 0 Å². The third-order valence-electron chi connectivity index (χ3n) is 0.528. The van der Waals surface area contributed by atoms with Crippen molar-refractivity contribution >= 4 is 15.6 Å². The Kier molecular flexibility index (Phi) is 4.02. The molecule has 1 unspecified atom stereocenters. The first-order chi connectivity index (χ1) is 3.13. The summed E-state index contributed by atoms with van der Waals surface area (Å²) in [5, 5.41) is 0. The van der Waals surface area contributed by atoms with Crippen LogP contribution in [-0.4, -0.2) is 11.1 Å². The molecule has 42 valence electrons. The SMILES string of the molecule is CC(C)CP(O)#P. The van der Waals surface area contributed by atoms with Crippen LogP contribution in [0.5, 0.6) is 0 Å². The Hall–Kier alpha value is 0.690. The van der Waals surface area contributed by atoms with Gasteiger partial charge in [-0.15, -0.1) is 0 Å². The number of hydrogen-bond donors (Lipinski definition) is 1. The van der Waals surface area contributed by atoms with Gasteiger partial charge in [-0.2, -0.15) is 0 Å². The molecule has 0 fully saturated rings. The van der Waals surface area contributed by atoms with Gasteiger partial charge in [-0.1, -0.05) is 0 Å². The fourth-order valence-corrected chi connectivity index (χ4v) is 1.96. The van der Waals surface area contributed by atoms with Crippen LogP contribution in [0.1, 0.15) is 13.8 Å². The van der Waals surface area contributed by atoms with Crippen molar-refractivity contribution in [2.75, 3.05) is 6.16 Å². The minimum atomic E-state index is -0.945. The topological polar surface area (TPSA) is 20.2 Å². The molecule has 0 aliphatic rings. The fraction of sp³-hybridized carbons (Fsp3) is 1.00. The van der Waals surface area contributed by atoms with Crippen LogP contribution >= 0.6 is 15.6 Å². The summed E-state index contributed by atoms with van der Waals surface area (Å²) < 4.78 is 0. The van der Waals surface area contributed by atoms with Crippen molar-refractivity contribution in [3.8, 4) is 0 Å². The molecule has 0 spiro atoms. The van der Waals surface area contributed by atoms with E-state index in [2.05, 4.69) is 22.2 Å². The Balaban J connectivity index is 3.19. The van der Waals surface area contributed by atoms with E-state index in [1.165, 1.54) is 0 Å². The van der Waals surface area contributed by atoms with Gasteiger partial charge in [-0.25, -0.2) is 0 Å². The van der Waals surface area contributed by atoms with Gasteiger partial charge in [0.15, 0.2) is 0 Å². The Morgan fingerprint density at radius 2 is 2.14 bits per heavy atom. The second-order valence-electron chi connectivity index (χ2n) is 1.95. The van der Waals surface area contributed by atoms with Crippen LogP contribution in [0.2, 0.25) is 0 Å². The minimum absolute atomic E-state index is 0.577. The molecule has 0 aliphatic heterocycles. The van der Waals surface area contributed by atoms with E-state index >= 15 is 0 Å². The van der Waals surface area contributed by atoms with Gasteiger partial charge in [0.1, 0.15) is 0 Å². The standard InChI is InChI=1S/C4H10OP2/c1-4(2)3-7(5)6/h4-5H,3H2,1-2H3. The van der Waals surface area contributed by atoms with Gasteiger partial charge in [0.05, 0.1) is 0 Å².